The van der Waals surface area contributed by atoms with Gasteiger partial charge < -0.3 is 9.47 Å². The van der Waals surface area contributed by atoms with Gasteiger partial charge in [-0.05, 0) is 18.2 Å². The second-order valence-electron chi connectivity index (χ2n) is 5.53. The molecule has 0 aliphatic rings. The summed E-state index contributed by atoms with van der Waals surface area (Å²) in [5.41, 5.74) is -3.94. The Bertz CT molecular complexity index is 989. The molecule has 0 saturated heterocycles. The quantitative estimate of drug-likeness (QED) is 0.619. The predicted molar refractivity (Wildman–Crippen MR) is 91.8 cm³/mol. The number of rotatable bonds is 5. The van der Waals surface area contributed by atoms with E-state index in [1.807, 2.05) is 4.72 Å². The number of alkyl halides is 6. The molecule has 2 aromatic rings. The van der Waals surface area contributed by atoms with Gasteiger partial charge in [0.15, 0.2) is 0 Å². The summed E-state index contributed by atoms with van der Waals surface area (Å²) in [6, 6.07) is 2.38. The molecule has 1 N–H and O–H groups in total. The number of nitrogens with one attached hydrogen (secondary N) is 1. The molecule has 160 valence electrons. The van der Waals surface area contributed by atoms with E-state index in [0.717, 1.165) is 7.11 Å². The van der Waals surface area contributed by atoms with Crippen molar-refractivity contribution >= 4 is 27.3 Å². The van der Waals surface area contributed by atoms with E-state index >= 15 is 0 Å². The fourth-order valence-corrected chi connectivity index (χ4v) is 3.68. The molecule has 0 aliphatic heterocycles. The van der Waals surface area contributed by atoms with Gasteiger partial charge in [-0.3, -0.25) is 4.72 Å². The zero-order valence-corrected chi connectivity index (χ0v) is 16.1. The molecule has 0 spiro atoms. The van der Waals surface area contributed by atoms with Crippen LogP contribution in [-0.4, -0.2) is 22.6 Å². The highest BCUT2D eigenvalue weighted by molar-refractivity contribution is 7.92. The van der Waals surface area contributed by atoms with Gasteiger partial charge >= 0.3 is 12.4 Å². The number of sulfonamides is 1. The molecule has 0 amide bonds. The Kier molecular flexibility index (Phi) is 6.19. The first-order valence-electron chi connectivity index (χ1n) is 7.43. The van der Waals surface area contributed by atoms with E-state index in [2.05, 4.69) is 0 Å². The van der Waals surface area contributed by atoms with Crippen molar-refractivity contribution in [1.82, 2.24) is 0 Å². The molecular weight excluding hydrogens is 452 g/mol. The van der Waals surface area contributed by atoms with Crippen LogP contribution < -0.4 is 14.2 Å². The van der Waals surface area contributed by atoms with E-state index < -0.39 is 38.4 Å². The molecule has 0 atom stereocenters. The predicted octanol–water partition coefficient (Wildman–Crippen LogP) is 5.20. The first kappa shape index (κ1) is 22.9. The number of methoxy groups -OCH3 is 2. The van der Waals surface area contributed by atoms with Crippen molar-refractivity contribution in [2.24, 2.45) is 0 Å². The van der Waals surface area contributed by atoms with Crippen LogP contribution in [0.4, 0.5) is 32.0 Å². The van der Waals surface area contributed by atoms with E-state index in [4.69, 9.17) is 21.1 Å². The first-order valence-corrected chi connectivity index (χ1v) is 9.29. The molecule has 0 fully saturated rings. The van der Waals surface area contributed by atoms with Crippen molar-refractivity contribution < 1.29 is 44.2 Å². The van der Waals surface area contributed by atoms with Crippen LogP contribution in [-0.2, 0) is 22.4 Å². The van der Waals surface area contributed by atoms with E-state index in [1.54, 1.807) is 0 Å². The van der Waals surface area contributed by atoms with Crippen LogP contribution in [0.1, 0.15) is 11.1 Å². The van der Waals surface area contributed by atoms with Gasteiger partial charge in [0.05, 0.1) is 35.3 Å². The molecule has 5 nitrogen and oxygen atoms in total. The Morgan fingerprint density at radius 2 is 1.38 bits per heavy atom. The van der Waals surface area contributed by atoms with Crippen molar-refractivity contribution in [3.63, 3.8) is 0 Å². The molecule has 0 heterocycles. The minimum atomic E-state index is -5.21. The number of anilines is 1. The van der Waals surface area contributed by atoms with Crippen LogP contribution >= 0.6 is 11.6 Å². The van der Waals surface area contributed by atoms with E-state index in [-0.39, 0.29) is 40.4 Å². The molecule has 0 aliphatic carbocycles. The lowest BCUT2D eigenvalue weighted by Gasteiger charge is -2.17. The van der Waals surface area contributed by atoms with Gasteiger partial charge in [-0.1, -0.05) is 11.6 Å². The summed E-state index contributed by atoms with van der Waals surface area (Å²) in [4.78, 5) is -1.26. The summed E-state index contributed by atoms with van der Waals surface area (Å²) < 4.78 is 115. The zero-order chi connectivity index (χ0) is 22.2. The monoisotopic (exact) mass is 463 g/mol. The minimum absolute atomic E-state index is 0.0848. The van der Waals surface area contributed by atoms with Gasteiger partial charge in [0.2, 0.25) is 0 Å². The van der Waals surface area contributed by atoms with Crippen molar-refractivity contribution in [2.45, 2.75) is 17.2 Å². The highest BCUT2D eigenvalue weighted by atomic mass is 35.5. The second kappa shape index (κ2) is 7.82. The van der Waals surface area contributed by atoms with Gasteiger partial charge in [-0.2, -0.15) is 26.3 Å². The molecule has 0 aromatic heterocycles. The van der Waals surface area contributed by atoms with Gasteiger partial charge in [-0.25, -0.2) is 8.42 Å². The topological polar surface area (TPSA) is 64.6 Å². The van der Waals surface area contributed by atoms with Crippen molar-refractivity contribution in [2.75, 3.05) is 18.9 Å². The Hall–Kier alpha value is -2.34. The normalized spacial score (nSPS) is 12.6. The Morgan fingerprint density at radius 3 is 1.79 bits per heavy atom. The number of benzene rings is 2. The lowest BCUT2D eigenvalue weighted by Crippen LogP contribution is -2.18. The third-order valence-corrected chi connectivity index (χ3v) is 5.22. The van der Waals surface area contributed by atoms with E-state index in [9.17, 15) is 34.8 Å². The van der Waals surface area contributed by atoms with Gasteiger partial charge in [0.25, 0.3) is 10.0 Å². The average molecular weight is 464 g/mol. The van der Waals surface area contributed by atoms with Crippen LogP contribution in [0, 0.1) is 0 Å². The first-order chi connectivity index (χ1) is 13.2. The lowest BCUT2D eigenvalue weighted by molar-refractivity contribution is -0.143. The molecule has 13 heteroatoms. The van der Waals surface area contributed by atoms with E-state index in [0.29, 0.717) is 0 Å². The Morgan fingerprint density at radius 1 is 0.862 bits per heavy atom. The summed E-state index contributed by atoms with van der Waals surface area (Å²) in [7, 11) is -2.47. The summed E-state index contributed by atoms with van der Waals surface area (Å²) in [5.74, 6) is 0.00849. The molecule has 0 saturated carbocycles. The third-order valence-electron chi connectivity index (χ3n) is 3.59. The summed E-state index contributed by atoms with van der Waals surface area (Å²) in [6.45, 7) is 0. The molecule has 29 heavy (non-hydrogen) atoms. The molecule has 0 radical (unpaired) electrons. The number of ether oxygens (including phenoxy) is 2. The molecule has 0 bridgehead atoms. The Labute approximate surface area is 166 Å². The van der Waals surface area contributed by atoms with Crippen LogP contribution in [0.25, 0.3) is 0 Å². The standard InChI is InChI=1S/C16H12ClF6NO4S/c1-27-10-6-12(17)14(13(7-10)28-2)24-29(25,26)11-4-8(15(18,19)20)3-9(5-11)16(21,22)23/h3-7,24H,1-2H3. The average Bonchev–Trinajstić information content (AvgIpc) is 2.61. The minimum Gasteiger partial charge on any atom is -0.497 e. The maximum Gasteiger partial charge on any atom is 0.416 e. The molecule has 0 unspecified atom stereocenters. The largest absolute Gasteiger partial charge is 0.497 e. The van der Waals surface area contributed by atoms with Crippen molar-refractivity contribution in [3.05, 3.63) is 46.5 Å². The molecule has 2 aromatic carbocycles. The fraction of sp³-hybridized carbons (Fsp3) is 0.250. The summed E-state index contributed by atoms with van der Waals surface area (Å²) >= 11 is 5.95. The SMILES string of the molecule is COc1cc(Cl)c(NS(=O)(=O)c2cc(C(F)(F)F)cc(C(F)(F)F)c2)c(OC)c1. The number of halogens is 7. The van der Waals surface area contributed by atoms with Gasteiger partial charge in [0, 0.05) is 12.1 Å². The zero-order valence-electron chi connectivity index (χ0n) is 14.6. The number of hydrogen-bond donors (Lipinski definition) is 1. The van der Waals surface area contributed by atoms with Crippen molar-refractivity contribution in [3.8, 4) is 11.5 Å². The lowest BCUT2D eigenvalue weighted by atomic mass is 10.1. The highest BCUT2D eigenvalue weighted by Gasteiger charge is 2.38. The highest BCUT2D eigenvalue weighted by Crippen LogP contribution is 2.40. The summed E-state index contributed by atoms with van der Waals surface area (Å²) in [6.07, 6.45) is -10.4. The van der Waals surface area contributed by atoms with Crippen LogP contribution in [0.3, 0.4) is 0 Å². The fourth-order valence-electron chi connectivity index (χ4n) is 2.21. The van der Waals surface area contributed by atoms with Crippen LogP contribution in [0.5, 0.6) is 11.5 Å². The second-order valence-corrected chi connectivity index (χ2v) is 7.62. The van der Waals surface area contributed by atoms with Crippen LogP contribution in [0.15, 0.2) is 35.2 Å². The Balaban J connectivity index is 2.63. The van der Waals surface area contributed by atoms with E-state index in [1.165, 1.54) is 19.2 Å². The molecule has 2 rings (SSSR count). The van der Waals surface area contributed by atoms with Gasteiger partial charge in [0.1, 0.15) is 17.2 Å². The van der Waals surface area contributed by atoms with Crippen molar-refractivity contribution in [1.29, 1.82) is 0 Å². The smallest absolute Gasteiger partial charge is 0.416 e. The number of hydrogen-bond acceptors (Lipinski definition) is 4. The summed E-state index contributed by atoms with van der Waals surface area (Å²) in [5, 5.41) is -0.257. The van der Waals surface area contributed by atoms with Crippen LogP contribution in [0.2, 0.25) is 5.02 Å². The molecular formula is C16H12ClF6NO4S. The third kappa shape index (κ3) is 5.18. The maximum atomic E-state index is 13.0. The maximum absolute atomic E-state index is 13.0. The van der Waals surface area contributed by atoms with Gasteiger partial charge in [-0.15, -0.1) is 0 Å².